The third-order valence-electron chi connectivity index (χ3n) is 3.82. The number of nitrogens with zero attached hydrogens (tertiary/aromatic N) is 1. The molecule has 2 N–H and O–H groups in total. The van der Waals surface area contributed by atoms with Gasteiger partial charge in [0.1, 0.15) is 6.54 Å². The lowest BCUT2D eigenvalue weighted by Gasteiger charge is -2.25. The summed E-state index contributed by atoms with van der Waals surface area (Å²) in [6.45, 7) is 2.20. The molecule has 0 bridgehead atoms. The van der Waals surface area contributed by atoms with E-state index in [0.29, 0.717) is 13.0 Å². The Balaban J connectivity index is 2.11. The third kappa shape index (κ3) is 6.28. The SMILES string of the molecule is CCOC(=O)CN(Cc1ccccc1)C(=O)C(N)Cc1cccc(Br)c1. The van der Waals surface area contributed by atoms with Crippen LogP contribution in [0.5, 0.6) is 0 Å². The van der Waals surface area contributed by atoms with Gasteiger partial charge in [0.05, 0.1) is 12.6 Å². The first kappa shape index (κ1) is 20.1. The Morgan fingerprint density at radius 3 is 2.46 bits per heavy atom. The van der Waals surface area contributed by atoms with Crippen molar-refractivity contribution in [3.8, 4) is 0 Å². The summed E-state index contributed by atoms with van der Waals surface area (Å²) in [4.78, 5) is 26.2. The van der Waals surface area contributed by atoms with Crippen LogP contribution in [-0.4, -0.2) is 36.0 Å². The fraction of sp³-hybridized carbons (Fsp3) is 0.300. The fourth-order valence-electron chi connectivity index (χ4n) is 2.62. The van der Waals surface area contributed by atoms with Gasteiger partial charge >= 0.3 is 5.97 Å². The summed E-state index contributed by atoms with van der Waals surface area (Å²) < 4.78 is 5.93. The standard InChI is InChI=1S/C20H23BrN2O3/c1-2-26-19(24)14-23(13-15-7-4-3-5-8-15)20(25)18(22)12-16-9-6-10-17(21)11-16/h3-11,18H,2,12-14,22H2,1H3. The van der Waals surface area contributed by atoms with Gasteiger partial charge in [-0.25, -0.2) is 0 Å². The van der Waals surface area contributed by atoms with Crippen molar-refractivity contribution in [3.05, 3.63) is 70.2 Å². The summed E-state index contributed by atoms with van der Waals surface area (Å²) in [7, 11) is 0. The summed E-state index contributed by atoms with van der Waals surface area (Å²) in [5.41, 5.74) is 8.03. The Labute approximate surface area is 162 Å². The molecule has 2 aromatic carbocycles. The predicted molar refractivity (Wildman–Crippen MR) is 104 cm³/mol. The molecule has 0 saturated carbocycles. The number of ether oxygens (including phenoxy) is 1. The van der Waals surface area contributed by atoms with Crippen molar-refractivity contribution in [2.75, 3.05) is 13.2 Å². The summed E-state index contributed by atoms with van der Waals surface area (Å²) in [6, 6.07) is 16.4. The summed E-state index contributed by atoms with van der Waals surface area (Å²) in [5, 5.41) is 0. The highest BCUT2D eigenvalue weighted by molar-refractivity contribution is 9.10. The first-order valence-corrected chi connectivity index (χ1v) is 9.27. The highest BCUT2D eigenvalue weighted by Crippen LogP contribution is 2.14. The van der Waals surface area contributed by atoms with E-state index in [1.165, 1.54) is 4.90 Å². The molecule has 0 aromatic heterocycles. The molecule has 0 heterocycles. The summed E-state index contributed by atoms with van der Waals surface area (Å²) >= 11 is 3.41. The quantitative estimate of drug-likeness (QED) is 0.668. The van der Waals surface area contributed by atoms with Gasteiger partial charge in [-0.2, -0.15) is 0 Å². The number of carbonyl (C=O) groups is 2. The van der Waals surface area contributed by atoms with E-state index in [1.54, 1.807) is 6.92 Å². The van der Waals surface area contributed by atoms with Gasteiger partial charge in [0.25, 0.3) is 0 Å². The van der Waals surface area contributed by atoms with E-state index in [2.05, 4.69) is 15.9 Å². The molecule has 26 heavy (non-hydrogen) atoms. The molecule has 0 aliphatic carbocycles. The molecule has 2 rings (SSSR count). The van der Waals surface area contributed by atoms with Gasteiger partial charge in [-0.05, 0) is 36.6 Å². The number of carbonyl (C=O) groups excluding carboxylic acids is 2. The minimum absolute atomic E-state index is 0.117. The van der Waals surface area contributed by atoms with Crippen LogP contribution in [0.15, 0.2) is 59.1 Å². The van der Waals surface area contributed by atoms with E-state index in [0.717, 1.165) is 15.6 Å². The van der Waals surface area contributed by atoms with Gasteiger partial charge in [-0.1, -0.05) is 58.4 Å². The predicted octanol–water partition coefficient (Wildman–Crippen LogP) is 2.91. The fourth-order valence-corrected chi connectivity index (χ4v) is 3.06. The normalized spacial score (nSPS) is 11.7. The maximum atomic E-state index is 12.9. The van der Waals surface area contributed by atoms with Crippen LogP contribution in [0.4, 0.5) is 0 Å². The van der Waals surface area contributed by atoms with E-state index in [1.807, 2.05) is 54.6 Å². The Hall–Kier alpha value is -2.18. The van der Waals surface area contributed by atoms with Crippen LogP contribution in [0.25, 0.3) is 0 Å². The Morgan fingerprint density at radius 2 is 1.81 bits per heavy atom. The van der Waals surface area contributed by atoms with Gasteiger partial charge < -0.3 is 15.4 Å². The maximum absolute atomic E-state index is 12.9. The average molecular weight is 419 g/mol. The number of halogens is 1. The van der Waals surface area contributed by atoms with E-state index in [-0.39, 0.29) is 19.1 Å². The van der Waals surface area contributed by atoms with Crippen molar-refractivity contribution >= 4 is 27.8 Å². The molecule has 5 nitrogen and oxygen atoms in total. The van der Waals surface area contributed by atoms with Crippen LogP contribution in [0.3, 0.4) is 0 Å². The molecule has 2 aromatic rings. The lowest BCUT2D eigenvalue weighted by Crippen LogP contribution is -2.46. The van der Waals surface area contributed by atoms with Crippen molar-refractivity contribution in [2.24, 2.45) is 5.73 Å². The first-order valence-electron chi connectivity index (χ1n) is 8.48. The minimum Gasteiger partial charge on any atom is -0.465 e. The second kappa shape index (κ2) is 10.1. The number of esters is 1. The molecule has 1 unspecified atom stereocenters. The zero-order chi connectivity index (χ0) is 18.9. The van der Waals surface area contributed by atoms with Crippen molar-refractivity contribution < 1.29 is 14.3 Å². The van der Waals surface area contributed by atoms with Crippen LogP contribution in [0.1, 0.15) is 18.1 Å². The van der Waals surface area contributed by atoms with Gasteiger partial charge in [-0.15, -0.1) is 0 Å². The van der Waals surface area contributed by atoms with Gasteiger partial charge in [0.15, 0.2) is 0 Å². The van der Waals surface area contributed by atoms with Crippen molar-refractivity contribution in [1.29, 1.82) is 0 Å². The first-order chi connectivity index (χ1) is 12.5. The molecule has 138 valence electrons. The number of nitrogens with two attached hydrogens (primary N) is 1. The van der Waals surface area contributed by atoms with Gasteiger partial charge in [0, 0.05) is 11.0 Å². The van der Waals surface area contributed by atoms with Crippen LogP contribution in [-0.2, 0) is 27.3 Å². The molecule has 0 fully saturated rings. The molecule has 1 amide bonds. The Kier molecular flexibility index (Phi) is 7.81. The van der Waals surface area contributed by atoms with Gasteiger partial charge in [-0.3, -0.25) is 9.59 Å². The minimum atomic E-state index is -0.734. The van der Waals surface area contributed by atoms with Crippen LogP contribution in [0.2, 0.25) is 0 Å². The molecular weight excluding hydrogens is 396 g/mol. The molecule has 0 aliphatic heterocycles. The van der Waals surface area contributed by atoms with Crippen LogP contribution in [0, 0.1) is 0 Å². The smallest absolute Gasteiger partial charge is 0.325 e. The number of hydrogen-bond donors (Lipinski definition) is 1. The highest BCUT2D eigenvalue weighted by Gasteiger charge is 2.24. The van der Waals surface area contributed by atoms with E-state index < -0.39 is 12.0 Å². The number of rotatable bonds is 8. The lowest BCUT2D eigenvalue weighted by atomic mass is 10.1. The van der Waals surface area contributed by atoms with Crippen LogP contribution < -0.4 is 5.73 Å². The molecular formula is C20H23BrN2O3. The van der Waals surface area contributed by atoms with E-state index in [4.69, 9.17) is 10.5 Å². The molecule has 0 radical (unpaired) electrons. The topological polar surface area (TPSA) is 72.6 Å². The van der Waals surface area contributed by atoms with E-state index in [9.17, 15) is 9.59 Å². The highest BCUT2D eigenvalue weighted by atomic mass is 79.9. The Morgan fingerprint density at radius 1 is 1.12 bits per heavy atom. The van der Waals surface area contributed by atoms with Crippen molar-refractivity contribution in [2.45, 2.75) is 25.9 Å². The van der Waals surface area contributed by atoms with Crippen molar-refractivity contribution in [3.63, 3.8) is 0 Å². The zero-order valence-corrected chi connectivity index (χ0v) is 16.3. The largest absolute Gasteiger partial charge is 0.465 e. The average Bonchev–Trinajstić information content (AvgIpc) is 2.61. The number of amides is 1. The monoisotopic (exact) mass is 418 g/mol. The van der Waals surface area contributed by atoms with Crippen molar-refractivity contribution in [1.82, 2.24) is 4.90 Å². The molecule has 0 aliphatic rings. The molecule has 1 atom stereocenters. The van der Waals surface area contributed by atoms with E-state index >= 15 is 0 Å². The second-order valence-electron chi connectivity index (χ2n) is 5.93. The third-order valence-corrected chi connectivity index (χ3v) is 4.31. The van der Waals surface area contributed by atoms with Crippen LogP contribution >= 0.6 is 15.9 Å². The number of benzene rings is 2. The molecule has 0 saturated heterocycles. The summed E-state index contributed by atoms with van der Waals surface area (Å²) in [5.74, 6) is -0.715. The molecule has 6 heteroatoms. The molecule has 0 spiro atoms. The zero-order valence-electron chi connectivity index (χ0n) is 14.7. The lowest BCUT2D eigenvalue weighted by molar-refractivity contribution is -0.149. The van der Waals surface area contributed by atoms with Gasteiger partial charge in [0.2, 0.25) is 5.91 Å². The summed E-state index contributed by atoms with van der Waals surface area (Å²) in [6.07, 6.45) is 0.395. The Bertz CT molecular complexity index is 737. The number of hydrogen-bond acceptors (Lipinski definition) is 4. The maximum Gasteiger partial charge on any atom is 0.325 e. The second-order valence-corrected chi connectivity index (χ2v) is 6.84.